The number of amides is 4. The van der Waals surface area contributed by atoms with Crippen LogP contribution < -0.4 is 25.9 Å². The van der Waals surface area contributed by atoms with Crippen molar-refractivity contribution in [3.8, 4) is 5.75 Å². The monoisotopic (exact) mass is 586 g/mol. The van der Waals surface area contributed by atoms with E-state index in [1.165, 1.54) is 19.2 Å². The highest BCUT2D eigenvalue weighted by molar-refractivity contribution is 7.88. The van der Waals surface area contributed by atoms with Gasteiger partial charge in [0.1, 0.15) is 11.7 Å². The highest BCUT2D eigenvalue weighted by Gasteiger charge is 2.43. The van der Waals surface area contributed by atoms with Crippen LogP contribution in [0.3, 0.4) is 0 Å². The Morgan fingerprint density at radius 1 is 1.36 bits per heavy atom. The van der Waals surface area contributed by atoms with Gasteiger partial charge in [0.25, 0.3) is 11.8 Å². The molecule has 1 aliphatic rings. The standard InChI is InChI=1S/C19H22N8O10S2/c1-19(2,16(32)33)37-25-13(10-7-38-17(20)24-10)14(30)23-9-6-27(15(9)31)18(34)26-39(35,36)22-4-8-3-11(28)12(29)5-21-8/h3,5,7,9,22,29H,4,6H2,1-2H3,(H2,20,24)(H,21,28)(H,23,30)(H,26,34)(H,32,33). The van der Waals surface area contributed by atoms with Crippen LogP contribution in [0.25, 0.3) is 0 Å². The van der Waals surface area contributed by atoms with Gasteiger partial charge in [-0.2, -0.15) is 13.1 Å². The number of thiazole rings is 1. The minimum atomic E-state index is -4.48. The molecule has 2 aromatic rings. The van der Waals surface area contributed by atoms with Gasteiger partial charge >= 0.3 is 22.2 Å². The molecule has 18 nitrogen and oxygen atoms in total. The molecule has 1 atom stereocenters. The fraction of sp³-hybridized carbons (Fsp3) is 0.316. The molecule has 0 bridgehead atoms. The number of carbonyl (C=O) groups is 4. The summed E-state index contributed by atoms with van der Waals surface area (Å²) in [7, 11) is -4.48. The summed E-state index contributed by atoms with van der Waals surface area (Å²) in [4.78, 5) is 72.0. The van der Waals surface area contributed by atoms with Crippen molar-refractivity contribution in [2.45, 2.75) is 32.0 Å². The number of aromatic amines is 1. The first-order chi connectivity index (χ1) is 18.1. The SMILES string of the molecule is CC(C)(ON=C(C(=O)NC1CN(C(=O)NS(=O)(=O)NCc2cc(=O)c(O)c[nH]2)C1=O)c1csc(N)n1)C(=O)O. The summed E-state index contributed by atoms with van der Waals surface area (Å²) in [6.45, 7) is 1.51. The highest BCUT2D eigenvalue weighted by atomic mass is 32.2. The zero-order valence-corrected chi connectivity index (χ0v) is 21.8. The molecular formula is C19H22N8O10S2. The van der Waals surface area contributed by atoms with Gasteiger partial charge in [0.2, 0.25) is 11.0 Å². The number of carbonyl (C=O) groups excluding carboxylic acids is 3. The lowest BCUT2D eigenvalue weighted by molar-refractivity contribution is -0.161. The number of urea groups is 1. The number of β-lactam (4-membered cyclic amide) rings is 1. The number of pyridine rings is 1. The van der Waals surface area contributed by atoms with E-state index in [1.54, 1.807) is 4.72 Å². The van der Waals surface area contributed by atoms with E-state index in [1.807, 2.05) is 4.72 Å². The second-order valence-corrected chi connectivity index (χ2v) is 10.7. The van der Waals surface area contributed by atoms with Crippen LogP contribution in [0.15, 0.2) is 27.6 Å². The molecule has 1 saturated heterocycles. The van der Waals surface area contributed by atoms with Gasteiger partial charge in [0.05, 0.1) is 13.1 Å². The minimum Gasteiger partial charge on any atom is -0.503 e. The zero-order valence-electron chi connectivity index (χ0n) is 20.1. The Morgan fingerprint density at radius 3 is 2.62 bits per heavy atom. The third-order valence-corrected chi connectivity index (χ3v) is 6.61. The van der Waals surface area contributed by atoms with Crippen LogP contribution in [-0.4, -0.2) is 81.2 Å². The number of hydrogen-bond donors (Lipinski definition) is 7. The van der Waals surface area contributed by atoms with Crippen molar-refractivity contribution < 1.29 is 42.6 Å². The molecule has 0 radical (unpaired) electrons. The number of oxime groups is 1. The predicted octanol–water partition coefficient (Wildman–Crippen LogP) is -2.23. The average Bonchev–Trinajstić information content (AvgIpc) is 3.27. The van der Waals surface area contributed by atoms with Crippen LogP contribution in [0.4, 0.5) is 9.93 Å². The maximum absolute atomic E-state index is 12.8. The molecule has 0 spiro atoms. The van der Waals surface area contributed by atoms with Gasteiger partial charge < -0.3 is 31.1 Å². The Balaban J connectivity index is 1.60. The third kappa shape index (κ3) is 7.06. The van der Waals surface area contributed by atoms with Gasteiger partial charge in [0, 0.05) is 23.3 Å². The Morgan fingerprint density at radius 2 is 2.05 bits per heavy atom. The van der Waals surface area contributed by atoms with Crippen molar-refractivity contribution in [1.29, 1.82) is 0 Å². The number of imide groups is 1. The number of nitrogens with one attached hydrogen (secondary N) is 4. The summed E-state index contributed by atoms with van der Waals surface area (Å²) in [6.07, 6.45) is 0.955. The smallest absolute Gasteiger partial charge is 0.350 e. The fourth-order valence-electron chi connectivity index (χ4n) is 2.73. The van der Waals surface area contributed by atoms with E-state index in [0.717, 1.165) is 23.6 Å². The van der Waals surface area contributed by atoms with E-state index in [-0.39, 0.29) is 16.5 Å². The quantitative estimate of drug-likeness (QED) is 0.0885. The van der Waals surface area contributed by atoms with Gasteiger partial charge in [-0.25, -0.2) is 19.3 Å². The number of carboxylic acid groups (broad SMARTS) is 1. The van der Waals surface area contributed by atoms with E-state index in [4.69, 9.17) is 10.6 Å². The van der Waals surface area contributed by atoms with Crippen LogP contribution in [0.2, 0.25) is 0 Å². The van der Waals surface area contributed by atoms with Gasteiger partial charge in [-0.05, 0) is 13.8 Å². The van der Waals surface area contributed by atoms with Crippen LogP contribution in [-0.2, 0) is 36.0 Å². The van der Waals surface area contributed by atoms with E-state index < -0.39 is 75.6 Å². The van der Waals surface area contributed by atoms with Crippen molar-refractivity contribution in [3.05, 3.63) is 39.3 Å². The molecule has 2 aromatic heterocycles. The van der Waals surface area contributed by atoms with Gasteiger partial charge in [-0.3, -0.25) is 19.3 Å². The number of aliphatic carboxylic acids is 1. The number of anilines is 1. The molecule has 3 heterocycles. The summed E-state index contributed by atoms with van der Waals surface area (Å²) in [5.74, 6) is -3.90. The number of aromatic hydroxyl groups is 1. The van der Waals surface area contributed by atoms with Crippen molar-refractivity contribution in [2.24, 2.45) is 5.16 Å². The summed E-state index contributed by atoms with van der Waals surface area (Å²) in [5, 5.41) is 25.7. The molecule has 1 unspecified atom stereocenters. The number of aromatic nitrogens is 2. The third-order valence-electron chi connectivity index (χ3n) is 4.97. The largest absolute Gasteiger partial charge is 0.503 e. The van der Waals surface area contributed by atoms with Crippen LogP contribution in [0, 0.1) is 0 Å². The van der Waals surface area contributed by atoms with Crippen molar-refractivity contribution in [3.63, 3.8) is 0 Å². The van der Waals surface area contributed by atoms with Crippen LogP contribution in [0.1, 0.15) is 25.2 Å². The molecule has 210 valence electrons. The second-order valence-electron chi connectivity index (χ2n) is 8.33. The number of H-pyrrole nitrogens is 1. The topological polar surface area (TPSA) is 276 Å². The number of nitrogen functional groups attached to an aromatic ring is 1. The Hall–Kier alpha value is -4.56. The van der Waals surface area contributed by atoms with Crippen molar-refractivity contribution in [2.75, 3.05) is 12.3 Å². The lowest BCUT2D eigenvalue weighted by Gasteiger charge is -2.36. The Kier molecular flexibility index (Phi) is 8.22. The molecule has 0 aromatic carbocycles. The van der Waals surface area contributed by atoms with Crippen molar-refractivity contribution >= 4 is 56.2 Å². The lowest BCUT2D eigenvalue weighted by Crippen LogP contribution is -2.68. The van der Waals surface area contributed by atoms with E-state index >= 15 is 0 Å². The molecule has 20 heteroatoms. The number of nitrogens with two attached hydrogens (primary N) is 1. The number of rotatable bonds is 10. The summed E-state index contributed by atoms with van der Waals surface area (Å²) < 4.78 is 27.9. The van der Waals surface area contributed by atoms with Crippen LogP contribution in [0.5, 0.6) is 5.75 Å². The van der Waals surface area contributed by atoms with E-state index in [9.17, 15) is 42.6 Å². The molecule has 0 saturated carbocycles. The maximum Gasteiger partial charge on any atom is 0.350 e. The maximum atomic E-state index is 12.8. The first-order valence-corrected chi connectivity index (χ1v) is 13.0. The van der Waals surface area contributed by atoms with E-state index in [2.05, 4.69) is 20.4 Å². The van der Waals surface area contributed by atoms with Gasteiger partial charge in [0.15, 0.2) is 16.6 Å². The number of carboxylic acids is 1. The molecule has 0 aliphatic carbocycles. The zero-order chi connectivity index (χ0) is 29.1. The lowest BCUT2D eigenvalue weighted by atomic mass is 10.1. The first kappa shape index (κ1) is 29.0. The molecule has 8 N–H and O–H groups in total. The number of likely N-dealkylation sites (tertiary alicyclic amines) is 1. The summed E-state index contributed by atoms with van der Waals surface area (Å²) >= 11 is 0.957. The molecule has 1 aliphatic heterocycles. The van der Waals surface area contributed by atoms with E-state index in [0.29, 0.717) is 4.90 Å². The predicted molar refractivity (Wildman–Crippen MR) is 133 cm³/mol. The molecule has 39 heavy (non-hydrogen) atoms. The van der Waals surface area contributed by atoms with Gasteiger partial charge in [-0.15, -0.1) is 11.3 Å². The minimum absolute atomic E-state index is 0.0651. The molecular weight excluding hydrogens is 564 g/mol. The number of nitrogens with zero attached hydrogens (tertiary/aromatic N) is 3. The molecule has 3 rings (SSSR count). The van der Waals surface area contributed by atoms with Gasteiger partial charge in [-0.1, -0.05) is 5.16 Å². The average molecular weight is 587 g/mol. The normalized spacial score (nSPS) is 15.8. The molecule has 4 amide bonds. The first-order valence-electron chi connectivity index (χ1n) is 10.6. The molecule has 1 fully saturated rings. The number of hydrogen-bond acceptors (Lipinski definition) is 13. The summed E-state index contributed by atoms with van der Waals surface area (Å²) in [6, 6.07) is -1.63. The Labute approximate surface area is 223 Å². The highest BCUT2D eigenvalue weighted by Crippen LogP contribution is 2.16. The summed E-state index contributed by atoms with van der Waals surface area (Å²) in [5.41, 5.74) is 2.53. The van der Waals surface area contributed by atoms with Crippen molar-refractivity contribution in [1.82, 2.24) is 29.6 Å². The second kappa shape index (κ2) is 11.0. The fourth-order valence-corrected chi connectivity index (χ4v) is 4.04. The Bertz CT molecular complexity index is 1510. The van der Waals surface area contributed by atoms with Crippen LogP contribution >= 0.6 is 11.3 Å².